The van der Waals surface area contributed by atoms with E-state index in [1.54, 1.807) is 45.0 Å². The van der Waals surface area contributed by atoms with E-state index in [4.69, 9.17) is 4.74 Å². The topological polar surface area (TPSA) is 122 Å². The van der Waals surface area contributed by atoms with Crippen LogP contribution in [0.4, 0.5) is 0 Å². The fourth-order valence-electron chi connectivity index (χ4n) is 3.76. The number of carbonyl (C=O) groups excluding carboxylic acids is 1. The van der Waals surface area contributed by atoms with Crippen LogP contribution in [0.3, 0.4) is 0 Å². The van der Waals surface area contributed by atoms with E-state index in [1.807, 2.05) is 0 Å². The van der Waals surface area contributed by atoms with Gasteiger partial charge in [-0.2, -0.15) is 4.31 Å². The molecule has 192 valence electrons. The van der Waals surface area contributed by atoms with Crippen molar-refractivity contribution in [1.29, 1.82) is 0 Å². The average molecular weight is 524 g/mol. The summed E-state index contributed by atoms with van der Waals surface area (Å²) in [5.41, 5.74) is 1.36. The highest BCUT2D eigenvalue weighted by atomic mass is 32.2. The quantitative estimate of drug-likeness (QED) is 0.494. The molecular formula is C24H33N3O6S2. The number of nitrogens with one attached hydrogen (secondary N) is 2. The largest absolute Gasteiger partial charge is 0.484 e. The lowest BCUT2D eigenvalue weighted by molar-refractivity contribution is -0.123. The molecule has 2 aromatic carbocycles. The molecule has 0 radical (unpaired) electrons. The van der Waals surface area contributed by atoms with E-state index in [1.165, 1.54) is 22.5 Å². The zero-order chi connectivity index (χ0) is 25.6. The maximum Gasteiger partial charge on any atom is 0.258 e. The van der Waals surface area contributed by atoms with Crippen LogP contribution in [0.1, 0.15) is 44.2 Å². The molecule has 0 aliphatic carbocycles. The van der Waals surface area contributed by atoms with Crippen LogP contribution in [0.25, 0.3) is 0 Å². The van der Waals surface area contributed by atoms with Gasteiger partial charge in [-0.1, -0.05) is 18.6 Å². The van der Waals surface area contributed by atoms with Gasteiger partial charge in [-0.3, -0.25) is 4.79 Å². The van der Waals surface area contributed by atoms with Gasteiger partial charge < -0.3 is 10.1 Å². The van der Waals surface area contributed by atoms with Crippen LogP contribution in [-0.4, -0.2) is 52.8 Å². The number of rotatable bonds is 10. The highest BCUT2D eigenvalue weighted by Crippen LogP contribution is 2.23. The fourth-order valence-corrected chi connectivity index (χ4v) is 6.61. The molecule has 9 nitrogen and oxygen atoms in total. The van der Waals surface area contributed by atoms with Crippen LogP contribution in [0.5, 0.6) is 5.75 Å². The van der Waals surface area contributed by atoms with Gasteiger partial charge >= 0.3 is 0 Å². The summed E-state index contributed by atoms with van der Waals surface area (Å²) in [6.45, 7) is 6.28. The average Bonchev–Trinajstić information content (AvgIpc) is 2.82. The summed E-state index contributed by atoms with van der Waals surface area (Å²) in [6.07, 6.45) is 2.81. The van der Waals surface area contributed by atoms with Crippen molar-refractivity contribution in [2.75, 3.05) is 19.7 Å². The summed E-state index contributed by atoms with van der Waals surface area (Å²) in [4.78, 5) is 12.6. The molecule has 1 aliphatic rings. The molecule has 3 rings (SSSR count). The molecule has 2 N–H and O–H groups in total. The zero-order valence-electron chi connectivity index (χ0n) is 20.3. The van der Waals surface area contributed by atoms with Crippen molar-refractivity contribution in [1.82, 2.24) is 14.3 Å². The second kappa shape index (κ2) is 11.5. The summed E-state index contributed by atoms with van der Waals surface area (Å²) in [6, 6.07) is 10.7. The number of nitrogens with zero attached hydrogens (tertiary/aromatic N) is 1. The van der Waals surface area contributed by atoms with Gasteiger partial charge in [-0.05, 0) is 75.1 Å². The predicted octanol–water partition coefficient (Wildman–Crippen LogP) is 2.55. The summed E-state index contributed by atoms with van der Waals surface area (Å²) in [7, 11) is -7.10. The molecule has 0 atom stereocenters. The first-order valence-corrected chi connectivity index (χ1v) is 14.5. The molecule has 0 aromatic heterocycles. The first-order chi connectivity index (χ1) is 16.5. The molecule has 0 bridgehead atoms. The number of piperidine rings is 1. The molecule has 1 amide bonds. The van der Waals surface area contributed by atoms with Crippen LogP contribution in [0, 0.1) is 6.92 Å². The Balaban J connectivity index is 1.52. The number of benzene rings is 2. The third-order valence-electron chi connectivity index (χ3n) is 5.57. The minimum absolute atomic E-state index is 0.131. The van der Waals surface area contributed by atoms with Crippen molar-refractivity contribution < 1.29 is 26.4 Å². The van der Waals surface area contributed by atoms with E-state index in [2.05, 4.69) is 10.0 Å². The first-order valence-electron chi connectivity index (χ1n) is 11.6. The Morgan fingerprint density at radius 2 is 1.60 bits per heavy atom. The van der Waals surface area contributed by atoms with Crippen molar-refractivity contribution in [2.24, 2.45) is 0 Å². The van der Waals surface area contributed by atoms with E-state index in [-0.39, 0.29) is 34.9 Å². The molecule has 1 saturated heterocycles. The SMILES string of the molecule is Cc1cc(S(=O)(=O)NC(C)C)ccc1OCC(=O)NCc1ccc(S(=O)(=O)N2CCCCC2)cc1. The maximum atomic E-state index is 12.7. The second-order valence-corrected chi connectivity index (χ2v) is 12.5. The van der Waals surface area contributed by atoms with E-state index < -0.39 is 20.0 Å². The van der Waals surface area contributed by atoms with Crippen LogP contribution in [0.2, 0.25) is 0 Å². The van der Waals surface area contributed by atoms with Crippen LogP contribution >= 0.6 is 0 Å². The predicted molar refractivity (Wildman–Crippen MR) is 133 cm³/mol. The number of aryl methyl sites for hydroxylation is 1. The number of sulfonamides is 2. The van der Waals surface area contributed by atoms with Crippen molar-refractivity contribution in [3.8, 4) is 5.75 Å². The van der Waals surface area contributed by atoms with Gasteiger partial charge in [0.1, 0.15) is 5.75 Å². The lowest BCUT2D eigenvalue weighted by Gasteiger charge is -2.25. The molecule has 2 aromatic rings. The van der Waals surface area contributed by atoms with Crippen molar-refractivity contribution in [3.05, 3.63) is 53.6 Å². The monoisotopic (exact) mass is 523 g/mol. The van der Waals surface area contributed by atoms with Gasteiger partial charge in [0.25, 0.3) is 5.91 Å². The molecule has 0 spiro atoms. The Morgan fingerprint density at radius 3 is 2.20 bits per heavy atom. The van der Waals surface area contributed by atoms with E-state index in [0.717, 1.165) is 24.8 Å². The number of carbonyl (C=O) groups is 1. The Morgan fingerprint density at radius 1 is 0.971 bits per heavy atom. The summed E-state index contributed by atoms with van der Waals surface area (Å²) >= 11 is 0. The summed E-state index contributed by atoms with van der Waals surface area (Å²) < 4.78 is 59.7. The number of hydrogen-bond donors (Lipinski definition) is 2. The summed E-state index contributed by atoms with van der Waals surface area (Å²) in [5, 5.41) is 2.74. The Hall–Kier alpha value is -2.47. The molecule has 0 unspecified atom stereocenters. The molecular weight excluding hydrogens is 490 g/mol. The highest BCUT2D eigenvalue weighted by molar-refractivity contribution is 7.89. The third kappa shape index (κ3) is 7.26. The Kier molecular flexibility index (Phi) is 8.92. The fraction of sp³-hybridized carbons (Fsp3) is 0.458. The molecule has 1 heterocycles. The molecule has 11 heteroatoms. The Labute approximate surface area is 208 Å². The van der Waals surface area contributed by atoms with Crippen LogP contribution in [-0.2, 0) is 31.4 Å². The van der Waals surface area contributed by atoms with Crippen LogP contribution in [0.15, 0.2) is 52.3 Å². The second-order valence-electron chi connectivity index (χ2n) is 8.88. The van der Waals surface area contributed by atoms with Gasteiger partial charge in [0, 0.05) is 25.7 Å². The smallest absolute Gasteiger partial charge is 0.258 e. The number of amides is 1. The van der Waals surface area contributed by atoms with E-state index >= 15 is 0 Å². The normalized spacial score (nSPS) is 15.2. The van der Waals surface area contributed by atoms with E-state index in [9.17, 15) is 21.6 Å². The van der Waals surface area contributed by atoms with Gasteiger partial charge in [-0.15, -0.1) is 0 Å². The van der Waals surface area contributed by atoms with E-state index in [0.29, 0.717) is 24.4 Å². The van der Waals surface area contributed by atoms with Crippen molar-refractivity contribution in [2.45, 2.75) is 62.4 Å². The lowest BCUT2D eigenvalue weighted by Crippen LogP contribution is -2.35. The maximum absolute atomic E-state index is 12.7. The van der Waals surface area contributed by atoms with Gasteiger partial charge in [0.15, 0.2) is 6.61 Å². The molecule has 35 heavy (non-hydrogen) atoms. The molecule has 1 aliphatic heterocycles. The summed E-state index contributed by atoms with van der Waals surface area (Å²) in [5.74, 6) is 0.0588. The minimum Gasteiger partial charge on any atom is -0.484 e. The Bertz CT molecular complexity index is 1240. The minimum atomic E-state index is -3.61. The van der Waals surface area contributed by atoms with Gasteiger partial charge in [-0.25, -0.2) is 21.6 Å². The molecule has 1 fully saturated rings. The van der Waals surface area contributed by atoms with Gasteiger partial charge in [0.2, 0.25) is 20.0 Å². The first kappa shape index (κ1) is 27.1. The third-order valence-corrected chi connectivity index (χ3v) is 9.14. The molecule has 0 saturated carbocycles. The van der Waals surface area contributed by atoms with Crippen molar-refractivity contribution in [3.63, 3.8) is 0 Å². The highest BCUT2D eigenvalue weighted by Gasteiger charge is 2.25. The van der Waals surface area contributed by atoms with Crippen molar-refractivity contribution >= 4 is 26.0 Å². The van der Waals surface area contributed by atoms with Crippen LogP contribution < -0.4 is 14.8 Å². The number of hydrogen-bond acceptors (Lipinski definition) is 6. The zero-order valence-corrected chi connectivity index (χ0v) is 21.9. The lowest BCUT2D eigenvalue weighted by atomic mass is 10.2. The number of ether oxygens (including phenoxy) is 1. The van der Waals surface area contributed by atoms with Gasteiger partial charge in [0.05, 0.1) is 9.79 Å². The standard InChI is InChI=1S/C24H33N3O6S2/c1-18(2)26-34(29,30)22-11-12-23(19(3)15-22)33-17-24(28)25-16-20-7-9-21(10-8-20)35(31,32)27-13-5-4-6-14-27/h7-12,15,18,26H,4-6,13-14,16-17H2,1-3H3,(H,25,28).